The number of nitrogens with zero attached hydrogens (tertiary/aromatic N) is 3. The summed E-state index contributed by atoms with van der Waals surface area (Å²) in [5, 5.41) is 10.8. The molecule has 0 radical (unpaired) electrons. The summed E-state index contributed by atoms with van der Waals surface area (Å²) in [6, 6.07) is 0. The lowest BCUT2D eigenvalue weighted by molar-refractivity contribution is 0.0839. The summed E-state index contributed by atoms with van der Waals surface area (Å²) < 4.78 is 4.31. The maximum absolute atomic E-state index is 9.85. The highest BCUT2D eigenvalue weighted by atomic mass is 32.1. The molecule has 0 saturated carbocycles. The van der Waals surface area contributed by atoms with Crippen LogP contribution in [0.4, 0.5) is 5.13 Å². The van der Waals surface area contributed by atoms with E-state index in [-0.39, 0.29) is 0 Å². The van der Waals surface area contributed by atoms with Gasteiger partial charge in [-0.15, -0.1) is 0 Å². The summed E-state index contributed by atoms with van der Waals surface area (Å²) in [6.45, 7) is 5.56. The van der Waals surface area contributed by atoms with E-state index in [9.17, 15) is 5.11 Å². The molecule has 1 aliphatic heterocycles. The van der Waals surface area contributed by atoms with Crippen molar-refractivity contribution in [3.05, 3.63) is 5.82 Å². The highest BCUT2D eigenvalue weighted by molar-refractivity contribution is 7.09. The van der Waals surface area contributed by atoms with Crippen molar-refractivity contribution in [2.24, 2.45) is 0 Å². The van der Waals surface area contributed by atoms with Crippen LogP contribution >= 0.6 is 11.5 Å². The van der Waals surface area contributed by atoms with Crippen LogP contribution < -0.4 is 4.90 Å². The van der Waals surface area contributed by atoms with Crippen LogP contribution in [0.5, 0.6) is 0 Å². The normalized spacial score (nSPS) is 26.2. The topological polar surface area (TPSA) is 49.2 Å². The molecule has 4 nitrogen and oxygen atoms in total. The number of aromatic nitrogens is 2. The third-order valence-corrected chi connectivity index (χ3v) is 3.47. The number of hydrogen-bond acceptors (Lipinski definition) is 5. The van der Waals surface area contributed by atoms with Gasteiger partial charge < -0.3 is 10.0 Å². The van der Waals surface area contributed by atoms with Crippen LogP contribution in [-0.4, -0.2) is 33.2 Å². The number of anilines is 1. The van der Waals surface area contributed by atoms with Crippen molar-refractivity contribution in [1.82, 2.24) is 9.36 Å². The van der Waals surface area contributed by atoms with E-state index in [1.807, 2.05) is 6.92 Å². The van der Waals surface area contributed by atoms with Gasteiger partial charge in [-0.25, -0.2) is 4.98 Å². The standard InChI is InChI=1S/C10H17N3OS/c1-3-4-8-11-9(15-12-8)13-6-5-10(2,14)7-13/h14H,3-7H2,1-2H3. The summed E-state index contributed by atoms with van der Waals surface area (Å²) in [4.78, 5) is 6.59. The molecule has 0 bridgehead atoms. The average Bonchev–Trinajstić information content (AvgIpc) is 2.73. The Balaban J connectivity index is 2.04. The molecule has 1 aromatic heterocycles. The summed E-state index contributed by atoms with van der Waals surface area (Å²) >= 11 is 1.44. The first-order valence-corrected chi connectivity index (χ1v) is 6.18. The van der Waals surface area contributed by atoms with Crippen LogP contribution in [0.15, 0.2) is 0 Å². The minimum absolute atomic E-state index is 0.559. The van der Waals surface area contributed by atoms with Gasteiger partial charge in [0.05, 0.1) is 5.60 Å². The lowest BCUT2D eigenvalue weighted by Gasteiger charge is -2.17. The second-order valence-corrected chi connectivity index (χ2v) is 5.14. The summed E-state index contributed by atoms with van der Waals surface area (Å²) in [5.74, 6) is 0.934. The second kappa shape index (κ2) is 4.06. The SMILES string of the molecule is CCCc1nsc(N2CCC(C)(O)C2)n1. The number of aliphatic hydroxyl groups is 1. The zero-order chi connectivity index (χ0) is 10.9. The average molecular weight is 227 g/mol. The fourth-order valence-corrected chi connectivity index (χ4v) is 2.54. The Kier molecular flexibility index (Phi) is 2.93. The molecular formula is C10H17N3OS. The molecule has 0 spiro atoms. The molecule has 0 amide bonds. The third-order valence-electron chi connectivity index (χ3n) is 2.65. The van der Waals surface area contributed by atoms with Gasteiger partial charge in [-0.1, -0.05) is 6.92 Å². The second-order valence-electron chi connectivity index (χ2n) is 4.41. The van der Waals surface area contributed by atoms with Gasteiger partial charge in [-0.3, -0.25) is 0 Å². The maximum Gasteiger partial charge on any atom is 0.205 e. The van der Waals surface area contributed by atoms with Gasteiger partial charge in [-0.05, 0) is 19.8 Å². The van der Waals surface area contributed by atoms with Crippen LogP contribution in [0.1, 0.15) is 32.5 Å². The van der Waals surface area contributed by atoms with Crippen LogP contribution in [-0.2, 0) is 6.42 Å². The monoisotopic (exact) mass is 227 g/mol. The van der Waals surface area contributed by atoms with Gasteiger partial charge in [-0.2, -0.15) is 4.37 Å². The van der Waals surface area contributed by atoms with Crippen LogP contribution in [0.25, 0.3) is 0 Å². The molecule has 84 valence electrons. The van der Waals surface area contributed by atoms with E-state index in [0.29, 0.717) is 6.54 Å². The Bertz CT molecular complexity index is 337. The molecule has 0 aromatic carbocycles. The van der Waals surface area contributed by atoms with Crippen molar-refractivity contribution in [1.29, 1.82) is 0 Å². The van der Waals surface area contributed by atoms with Crippen molar-refractivity contribution in [3.8, 4) is 0 Å². The van der Waals surface area contributed by atoms with Gasteiger partial charge in [0, 0.05) is 31.0 Å². The summed E-state index contributed by atoms with van der Waals surface area (Å²) in [6.07, 6.45) is 2.84. The highest BCUT2D eigenvalue weighted by Crippen LogP contribution is 2.27. The van der Waals surface area contributed by atoms with E-state index in [0.717, 1.165) is 36.8 Å². The fourth-order valence-electron chi connectivity index (χ4n) is 1.81. The number of aryl methyl sites for hydroxylation is 1. The summed E-state index contributed by atoms with van der Waals surface area (Å²) in [7, 11) is 0. The van der Waals surface area contributed by atoms with Crippen LogP contribution in [0.2, 0.25) is 0 Å². The predicted octanol–water partition coefficient (Wildman–Crippen LogP) is 1.45. The molecule has 1 aromatic rings. The highest BCUT2D eigenvalue weighted by Gasteiger charge is 2.32. The molecule has 5 heteroatoms. The van der Waals surface area contributed by atoms with Gasteiger partial charge in [0.15, 0.2) is 0 Å². The largest absolute Gasteiger partial charge is 0.388 e. The first-order valence-electron chi connectivity index (χ1n) is 5.40. The molecule has 1 saturated heterocycles. The number of β-amino-alcohol motifs (C(OH)–C–C–N with tert-alkyl or cyclic N) is 1. The Hall–Kier alpha value is -0.680. The van der Waals surface area contributed by atoms with E-state index < -0.39 is 5.60 Å². The van der Waals surface area contributed by atoms with Gasteiger partial charge in [0.25, 0.3) is 0 Å². The lowest BCUT2D eigenvalue weighted by atomic mass is 10.1. The Morgan fingerprint density at radius 3 is 3.00 bits per heavy atom. The Morgan fingerprint density at radius 1 is 1.60 bits per heavy atom. The maximum atomic E-state index is 9.85. The van der Waals surface area contributed by atoms with Gasteiger partial charge in [0.2, 0.25) is 5.13 Å². The first kappa shape index (κ1) is 10.8. The molecular weight excluding hydrogens is 210 g/mol. The van der Waals surface area contributed by atoms with E-state index in [4.69, 9.17) is 0 Å². The van der Waals surface area contributed by atoms with Crippen molar-refractivity contribution in [2.45, 2.75) is 38.7 Å². The first-order chi connectivity index (χ1) is 7.11. The number of rotatable bonds is 3. The molecule has 15 heavy (non-hydrogen) atoms. The number of hydrogen-bond donors (Lipinski definition) is 1. The lowest BCUT2D eigenvalue weighted by Crippen LogP contribution is -2.29. The molecule has 0 aliphatic carbocycles. The smallest absolute Gasteiger partial charge is 0.205 e. The summed E-state index contributed by atoms with van der Waals surface area (Å²) in [5.41, 5.74) is -0.559. The van der Waals surface area contributed by atoms with Crippen molar-refractivity contribution < 1.29 is 5.11 Å². The molecule has 1 unspecified atom stereocenters. The minimum Gasteiger partial charge on any atom is -0.388 e. The zero-order valence-electron chi connectivity index (χ0n) is 9.23. The van der Waals surface area contributed by atoms with E-state index in [2.05, 4.69) is 21.2 Å². The quantitative estimate of drug-likeness (QED) is 0.849. The zero-order valence-corrected chi connectivity index (χ0v) is 10.0. The molecule has 1 fully saturated rings. The molecule has 1 N–H and O–H groups in total. The van der Waals surface area contributed by atoms with E-state index in [1.54, 1.807) is 0 Å². The third kappa shape index (κ3) is 2.46. The van der Waals surface area contributed by atoms with Crippen LogP contribution in [0.3, 0.4) is 0 Å². The molecule has 1 atom stereocenters. The predicted molar refractivity (Wildman–Crippen MR) is 61.4 cm³/mol. The van der Waals surface area contributed by atoms with E-state index in [1.165, 1.54) is 11.5 Å². The van der Waals surface area contributed by atoms with Crippen molar-refractivity contribution in [2.75, 3.05) is 18.0 Å². The van der Waals surface area contributed by atoms with Gasteiger partial charge in [0.1, 0.15) is 5.82 Å². The van der Waals surface area contributed by atoms with Gasteiger partial charge >= 0.3 is 0 Å². The van der Waals surface area contributed by atoms with E-state index >= 15 is 0 Å². The van der Waals surface area contributed by atoms with Crippen LogP contribution in [0, 0.1) is 0 Å². The minimum atomic E-state index is -0.559. The molecule has 1 aliphatic rings. The van der Waals surface area contributed by atoms with Crippen molar-refractivity contribution in [3.63, 3.8) is 0 Å². The van der Waals surface area contributed by atoms with Crippen molar-refractivity contribution >= 4 is 16.7 Å². The Labute approximate surface area is 94.1 Å². The molecule has 2 heterocycles. The fraction of sp³-hybridized carbons (Fsp3) is 0.800. The Morgan fingerprint density at radius 2 is 2.40 bits per heavy atom. The molecule has 2 rings (SSSR count).